The normalized spacial score (nSPS) is 10.9. The topological polar surface area (TPSA) is 90.6 Å². The maximum atomic E-state index is 12.3. The van der Waals surface area contributed by atoms with Crippen molar-refractivity contribution in [2.24, 2.45) is 0 Å². The first kappa shape index (κ1) is 19.6. The van der Waals surface area contributed by atoms with Gasteiger partial charge in [0.1, 0.15) is 6.33 Å². The van der Waals surface area contributed by atoms with Crippen LogP contribution in [0.1, 0.15) is 28.8 Å². The van der Waals surface area contributed by atoms with Crippen molar-refractivity contribution in [2.45, 2.75) is 33.1 Å². The number of hydrogen-bond acceptors (Lipinski definition) is 6. The van der Waals surface area contributed by atoms with Gasteiger partial charge in [-0.25, -0.2) is 4.52 Å². The van der Waals surface area contributed by atoms with Gasteiger partial charge in [-0.05, 0) is 49.9 Å². The third-order valence-electron chi connectivity index (χ3n) is 4.80. The maximum absolute atomic E-state index is 12.3. The predicted octanol–water partition coefficient (Wildman–Crippen LogP) is 2.05. The summed E-state index contributed by atoms with van der Waals surface area (Å²) in [5.74, 6) is 1.40. The second kappa shape index (κ2) is 8.69. The zero-order chi connectivity index (χ0) is 20.1. The van der Waals surface area contributed by atoms with Gasteiger partial charge in [0.2, 0.25) is 5.91 Å². The van der Waals surface area contributed by atoms with Crippen LogP contribution in [0, 0.1) is 13.8 Å². The van der Waals surface area contributed by atoms with Crippen molar-refractivity contribution < 1.29 is 14.3 Å². The molecule has 2 aromatic heterocycles. The molecule has 28 heavy (non-hydrogen) atoms. The third-order valence-corrected chi connectivity index (χ3v) is 4.80. The highest BCUT2D eigenvalue weighted by Crippen LogP contribution is 2.27. The van der Waals surface area contributed by atoms with Crippen LogP contribution in [0.3, 0.4) is 0 Å². The highest BCUT2D eigenvalue weighted by atomic mass is 16.5. The number of fused-ring (bicyclic) bond motifs is 1. The number of methoxy groups -OCH3 is 2. The summed E-state index contributed by atoms with van der Waals surface area (Å²) < 4.78 is 12.2. The Bertz CT molecular complexity index is 983. The zero-order valence-electron chi connectivity index (χ0n) is 16.7. The minimum Gasteiger partial charge on any atom is -0.493 e. The van der Waals surface area contributed by atoms with Gasteiger partial charge < -0.3 is 14.8 Å². The van der Waals surface area contributed by atoms with Gasteiger partial charge >= 0.3 is 0 Å². The number of carbonyl (C=O) groups excluding carboxylic acids is 1. The fraction of sp³-hybridized carbons (Fsp3) is 0.400. The summed E-state index contributed by atoms with van der Waals surface area (Å²) in [5, 5.41) is 15.4. The van der Waals surface area contributed by atoms with E-state index >= 15 is 0 Å². The molecule has 3 aromatic rings. The van der Waals surface area contributed by atoms with Crippen molar-refractivity contribution >= 4 is 11.6 Å². The van der Waals surface area contributed by atoms with Crippen LogP contribution in [-0.2, 0) is 17.6 Å². The van der Waals surface area contributed by atoms with Gasteiger partial charge in [-0.3, -0.25) is 4.79 Å². The van der Waals surface area contributed by atoms with E-state index in [2.05, 4.69) is 20.6 Å². The number of aryl methyl sites for hydroxylation is 2. The van der Waals surface area contributed by atoms with Crippen molar-refractivity contribution in [2.75, 3.05) is 20.8 Å². The minimum atomic E-state index is 0.0145. The summed E-state index contributed by atoms with van der Waals surface area (Å²) in [5.41, 5.74) is 4.77. The maximum Gasteiger partial charge on any atom is 0.220 e. The number of amides is 1. The van der Waals surface area contributed by atoms with E-state index in [0.29, 0.717) is 30.9 Å². The average molecular weight is 383 g/mol. The molecule has 0 saturated heterocycles. The third kappa shape index (κ3) is 4.21. The van der Waals surface area contributed by atoms with Crippen LogP contribution in [0.5, 0.6) is 11.5 Å². The first-order chi connectivity index (χ1) is 13.5. The molecule has 3 rings (SSSR count). The molecule has 0 atom stereocenters. The Morgan fingerprint density at radius 3 is 2.68 bits per heavy atom. The van der Waals surface area contributed by atoms with Crippen molar-refractivity contribution in [3.63, 3.8) is 0 Å². The van der Waals surface area contributed by atoms with Gasteiger partial charge in [0.15, 0.2) is 17.1 Å². The summed E-state index contributed by atoms with van der Waals surface area (Å²) in [6.07, 6.45) is 3.33. The van der Waals surface area contributed by atoms with Gasteiger partial charge in [-0.1, -0.05) is 6.07 Å². The van der Waals surface area contributed by atoms with Crippen molar-refractivity contribution in [3.8, 4) is 11.5 Å². The minimum absolute atomic E-state index is 0.0145. The van der Waals surface area contributed by atoms with Gasteiger partial charge in [0.25, 0.3) is 0 Å². The monoisotopic (exact) mass is 383 g/mol. The summed E-state index contributed by atoms with van der Waals surface area (Å²) in [4.78, 5) is 12.3. The van der Waals surface area contributed by atoms with E-state index in [4.69, 9.17) is 9.47 Å². The molecule has 0 bridgehead atoms. The Hall–Kier alpha value is -3.16. The molecule has 0 fully saturated rings. The number of carbonyl (C=O) groups is 1. The molecule has 8 nitrogen and oxygen atoms in total. The first-order valence-electron chi connectivity index (χ1n) is 9.17. The fourth-order valence-corrected chi connectivity index (χ4v) is 3.26. The number of ether oxygens (including phenoxy) is 2. The largest absolute Gasteiger partial charge is 0.493 e. The lowest BCUT2D eigenvalue weighted by Crippen LogP contribution is -2.26. The molecule has 148 valence electrons. The smallest absolute Gasteiger partial charge is 0.220 e. The highest BCUT2D eigenvalue weighted by molar-refractivity contribution is 5.76. The van der Waals surface area contributed by atoms with Gasteiger partial charge in [-0.2, -0.15) is 5.10 Å². The number of hydrogen-bond donors (Lipinski definition) is 1. The second-order valence-electron chi connectivity index (χ2n) is 6.58. The molecule has 8 heteroatoms. The zero-order valence-corrected chi connectivity index (χ0v) is 16.7. The quantitative estimate of drug-likeness (QED) is 0.640. The van der Waals surface area contributed by atoms with Crippen molar-refractivity contribution in [3.05, 3.63) is 46.9 Å². The lowest BCUT2D eigenvalue weighted by molar-refractivity contribution is -0.121. The Morgan fingerprint density at radius 1 is 1.14 bits per heavy atom. The summed E-state index contributed by atoms with van der Waals surface area (Å²) >= 11 is 0. The van der Waals surface area contributed by atoms with E-state index in [1.54, 1.807) is 25.1 Å². The van der Waals surface area contributed by atoms with Gasteiger partial charge in [0, 0.05) is 18.5 Å². The van der Waals surface area contributed by atoms with E-state index in [1.165, 1.54) is 0 Å². The molecule has 0 aliphatic heterocycles. The summed E-state index contributed by atoms with van der Waals surface area (Å²) in [7, 11) is 3.22. The van der Waals surface area contributed by atoms with E-state index in [1.807, 2.05) is 32.0 Å². The highest BCUT2D eigenvalue weighted by Gasteiger charge is 2.13. The summed E-state index contributed by atoms with van der Waals surface area (Å²) in [6.45, 7) is 4.49. The molecule has 0 saturated carbocycles. The molecule has 0 radical (unpaired) electrons. The van der Waals surface area contributed by atoms with Crippen molar-refractivity contribution in [1.82, 2.24) is 25.1 Å². The van der Waals surface area contributed by atoms with Crippen LogP contribution in [-0.4, -0.2) is 46.5 Å². The van der Waals surface area contributed by atoms with Crippen molar-refractivity contribution in [1.29, 1.82) is 0 Å². The van der Waals surface area contributed by atoms with E-state index in [0.717, 1.165) is 34.5 Å². The van der Waals surface area contributed by atoms with Crippen LogP contribution in [0.4, 0.5) is 0 Å². The van der Waals surface area contributed by atoms with Crippen LogP contribution < -0.4 is 14.8 Å². The standard InChI is InChI=1S/C20H25N5O3/c1-13-16(14(2)24-25-12-22-23-20(13)25)6-8-19(26)21-10-9-15-5-7-17(27-3)18(11-15)28-4/h5,7,11-12H,6,8-10H2,1-4H3,(H,21,26). The van der Waals surface area contributed by atoms with Crippen LogP contribution in [0.15, 0.2) is 24.5 Å². The molecule has 0 unspecified atom stereocenters. The SMILES string of the molecule is COc1ccc(CCNC(=O)CCc2c(C)nn3cnnc3c2C)cc1OC. The Labute approximate surface area is 163 Å². The van der Waals surface area contributed by atoms with Crippen LogP contribution >= 0.6 is 0 Å². The van der Waals surface area contributed by atoms with Gasteiger partial charge in [-0.15, -0.1) is 10.2 Å². The number of benzene rings is 1. The van der Waals surface area contributed by atoms with E-state index in [-0.39, 0.29) is 5.91 Å². The molecule has 1 aromatic carbocycles. The molecule has 0 spiro atoms. The van der Waals surface area contributed by atoms with E-state index in [9.17, 15) is 4.79 Å². The van der Waals surface area contributed by atoms with Crippen LogP contribution in [0.25, 0.3) is 5.65 Å². The number of nitrogens with zero attached hydrogens (tertiary/aromatic N) is 4. The molecule has 1 amide bonds. The molecule has 2 heterocycles. The summed E-state index contributed by atoms with van der Waals surface area (Å²) in [6, 6.07) is 5.77. The van der Waals surface area contributed by atoms with Crippen LogP contribution in [0.2, 0.25) is 0 Å². The van der Waals surface area contributed by atoms with Gasteiger partial charge in [0.05, 0.1) is 19.9 Å². The lowest BCUT2D eigenvalue weighted by Gasteiger charge is -2.11. The number of nitrogens with one attached hydrogen (secondary N) is 1. The molecular formula is C20H25N5O3. The Balaban J connectivity index is 1.53. The lowest BCUT2D eigenvalue weighted by atomic mass is 10.0. The Morgan fingerprint density at radius 2 is 1.93 bits per heavy atom. The Kier molecular flexibility index (Phi) is 6.08. The molecular weight excluding hydrogens is 358 g/mol. The second-order valence-corrected chi connectivity index (χ2v) is 6.58. The molecule has 0 aliphatic rings. The number of rotatable bonds is 8. The first-order valence-corrected chi connectivity index (χ1v) is 9.17. The van der Waals surface area contributed by atoms with E-state index < -0.39 is 0 Å². The molecule has 0 aliphatic carbocycles. The molecule has 1 N–H and O–H groups in total. The fourth-order valence-electron chi connectivity index (χ4n) is 3.26. The average Bonchev–Trinajstić information content (AvgIpc) is 3.16. The predicted molar refractivity (Wildman–Crippen MR) is 105 cm³/mol. The number of aromatic nitrogens is 4.